The Labute approximate surface area is 129 Å². The van der Waals surface area contributed by atoms with Crippen LogP contribution in [0.2, 0.25) is 0 Å². The first-order valence-electron chi connectivity index (χ1n) is 8.63. The number of rotatable bonds is 4. The summed E-state index contributed by atoms with van der Waals surface area (Å²) in [5.74, 6) is 0.769. The minimum absolute atomic E-state index is 0.251. The summed E-state index contributed by atoms with van der Waals surface area (Å²) in [4.78, 5) is 19.1. The van der Waals surface area contributed by atoms with Gasteiger partial charge in [-0.3, -0.25) is 4.90 Å². The molecule has 2 heterocycles. The molecule has 0 spiro atoms. The molecule has 2 aliphatic rings. The number of likely N-dealkylation sites (tertiary alicyclic amines) is 1. The van der Waals surface area contributed by atoms with Gasteiger partial charge in [0.2, 0.25) is 0 Å². The molecule has 2 fully saturated rings. The van der Waals surface area contributed by atoms with Crippen LogP contribution in [0.1, 0.15) is 39.5 Å². The van der Waals surface area contributed by atoms with Gasteiger partial charge in [0.1, 0.15) is 0 Å². The van der Waals surface area contributed by atoms with Gasteiger partial charge in [-0.15, -0.1) is 0 Å². The van der Waals surface area contributed by atoms with Crippen LogP contribution in [0.15, 0.2) is 0 Å². The van der Waals surface area contributed by atoms with E-state index < -0.39 is 0 Å². The Morgan fingerprint density at radius 1 is 1.10 bits per heavy atom. The van der Waals surface area contributed by atoms with Crippen molar-refractivity contribution in [2.75, 3.05) is 45.8 Å². The van der Waals surface area contributed by atoms with Crippen molar-refractivity contribution < 1.29 is 4.79 Å². The molecule has 122 valence electrons. The SMILES string of the molecule is CCCC(CN)N1CCN(C(=O)N2CCC(C)CC2)CC1. The second kappa shape index (κ2) is 7.99. The smallest absolute Gasteiger partial charge is 0.320 e. The molecule has 2 rings (SSSR count). The monoisotopic (exact) mass is 296 g/mol. The summed E-state index contributed by atoms with van der Waals surface area (Å²) in [6.45, 7) is 10.7. The predicted octanol–water partition coefficient (Wildman–Crippen LogP) is 1.58. The number of piperazine rings is 1. The summed E-state index contributed by atoms with van der Waals surface area (Å²) in [6, 6.07) is 0.740. The summed E-state index contributed by atoms with van der Waals surface area (Å²) in [5.41, 5.74) is 5.88. The molecule has 0 aromatic carbocycles. The van der Waals surface area contributed by atoms with Crippen LogP contribution < -0.4 is 5.73 Å². The average molecular weight is 296 g/mol. The highest BCUT2D eigenvalue weighted by Gasteiger charge is 2.29. The van der Waals surface area contributed by atoms with Crippen LogP contribution in [0.4, 0.5) is 4.79 Å². The number of piperidine rings is 1. The molecule has 5 nitrogen and oxygen atoms in total. The lowest BCUT2D eigenvalue weighted by atomic mass is 9.99. The first-order chi connectivity index (χ1) is 10.2. The fraction of sp³-hybridized carbons (Fsp3) is 0.938. The van der Waals surface area contributed by atoms with Crippen molar-refractivity contribution >= 4 is 6.03 Å². The third kappa shape index (κ3) is 4.33. The number of amides is 2. The van der Waals surface area contributed by atoms with Gasteiger partial charge in [0.05, 0.1) is 0 Å². The largest absolute Gasteiger partial charge is 0.329 e. The van der Waals surface area contributed by atoms with Crippen molar-refractivity contribution in [3.63, 3.8) is 0 Å². The van der Waals surface area contributed by atoms with Crippen molar-refractivity contribution in [1.82, 2.24) is 14.7 Å². The average Bonchev–Trinajstić information content (AvgIpc) is 2.53. The van der Waals surface area contributed by atoms with Crippen LogP contribution in [0.5, 0.6) is 0 Å². The Morgan fingerprint density at radius 2 is 1.67 bits per heavy atom. The Morgan fingerprint density at radius 3 is 2.19 bits per heavy atom. The molecular weight excluding hydrogens is 264 g/mol. The summed E-state index contributed by atoms with van der Waals surface area (Å²) >= 11 is 0. The Hall–Kier alpha value is -0.810. The van der Waals surface area contributed by atoms with E-state index in [0.717, 1.165) is 71.0 Å². The summed E-state index contributed by atoms with van der Waals surface area (Å²) in [5, 5.41) is 0. The predicted molar refractivity (Wildman–Crippen MR) is 86.3 cm³/mol. The van der Waals surface area contributed by atoms with E-state index in [1.807, 2.05) is 9.80 Å². The molecule has 2 saturated heterocycles. The minimum atomic E-state index is 0.251. The van der Waals surface area contributed by atoms with Gasteiger partial charge in [-0.25, -0.2) is 4.79 Å². The van der Waals surface area contributed by atoms with Crippen LogP contribution in [0.3, 0.4) is 0 Å². The van der Waals surface area contributed by atoms with Crippen LogP contribution >= 0.6 is 0 Å². The zero-order chi connectivity index (χ0) is 15.2. The maximum Gasteiger partial charge on any atom is 0.320 e. The van der Waals surface area contributed by atoms with Crippen molar-refractivity contribution in [2.45, 2.75) is 45.6 Å². The second-order valence-corrected chi connectivity index (χ2v) is 6.65. The van der Waals surface area contributed by atoms with Crippen molar-refractivity contribution in [3.05, 3.63) is 0 Å². The van der Waals surface area contributed by atoms with Crippen LogP contribution in [-0.2, 0) is 0 Å². The van der Waals surface area contributed by atoms with Crippen LogP contribution in [0.25, 0.3) is 0 Å². The molecule has 2 aliphatic heterocycles. The van der Waals surface area contributed by atoms with E-state index in [-0.39, 0.29) is 6.03 Å². The number of carbonyl (C=O) groups excluding carboxylic acids is 1. The zero-order valence-electron chi connectivity index (χ0n) is 13.8. The molecule has 0 bridgehead atoms. The molecule has 0 aromatic rings. The molecule has 0 saturated carbocycles. The zero-order valence-corrected chi connectivity index (χ0v) is 13.8. The van der Waals surface area contributed by atoms with Gasteiger partial charge in [-0.2, -0.15) is 0 Å². The third-order valence-electron chi connectivity index (χ3n) is 5.05. The Balaban J connectivity index is 1.79. The third-order valence-corrected chi connectivity index (χ3v) is 5.05. The number of hydrogen-bond donors (Lipinski definition) is 1. The van der Waals surface area contributed by atoms with E-state index in [1.165, 1.54) is 6.42 Å². The molecule has 2 N–H and O–H groups in total. The fourth-order valence-corrected chi connectivity index (χ4v) is 3.46. The van der Waals surface area contributed by atoms with Crippen LogP contribution in [0, 0.1) is 5.92 Å². The molecule has 0 aliphatic carbocycles. The van der Waals surface area contributed by atoms with E-state index in [0.29, 0.717) is 6.04 Å². The summed E-state index contributed by atoms with van der Waals surface area (Å²) in [7, 11) is 0. The maximum absolute atomic E-state index is 12.5. The van der Waals surface area contributed by atoms with E-state index in [2.05, 4.69) is 18.7 Å². The lowest BCUT2D eigenvalue weighted by molar-refractivity contribution is 0.0834. The normalized spacial score (nSPS) is 23.4. The molecule has 0 radical (unpaired) electrons. The van der Waals surface area contributed by atoms with E-state index in [4.69, 9.17) is 5.73 Å². The lowest BCUT2D eigenvalue weighted by Crippen LogP contribution is -2.56. The Kier molecular flexibility index (Phi) is 6.30. The topological polar surface area (TPSA) is 52.8 Å². The minimum Gasteiger partial charge on any atom is -0.329 e. The van der Waals surface area contributed by atoms with Gasteiger partial charge < -0.3 is 15.5 Å². The van der Waals surface area contributed by atoms with Crippen molar-refractivity contribution in [2.24, 2.45) is 11.7 Å². The second-order valence-electron chi connectivity index (χ2n) is 6.65. The van der Waals surface area contributed by atoms with Gasteiger partial charge in [-0.05, 0) is 25.2 Å². The van der Waals surface area contributed by atoms with Gasteiger partial charge in [0, 0.05) is 51.9 Å². The molecule has 0 aromatic heterocycles. The van der Waals surface area contributed by atoms with E-state index in [1.54, 1.807) is 0 Å². The number of carbonyl (C=O) groups is 1. The standard InChI is InChI=1S/C16H32N4O/c1-3-4-15(13-17)18-9-11-20(12-10-18)16(21)19-7-5-14(2)6-8-19/h14-15H,3-13,17H2,1-2H3. The van der Waals surface area contributed by atoms with Gasteiger partial charge in [0.15, 0.2) is 0 Å². The maximum atomic E-state index is 12.5. The fourth-order valence-electron chi connectivity index (χ4n) is 3.46. The summed E-state index contributed by atoms with van der Waals surface area (Å²) < 4.78 is 0. The molecular formula is C16H32N4O. The van der Waals surface area contributed by atoms with Crippen LogP contribution in [-0.4, -0.2) is 72.6 Å². The molecule has 2 amide bonds. The number of nitrogens with two attached hydrogens (primary N) is 1. The van der Waals surface area contributed by atoms with E-state index >= 15 is 0 Å². The lowest BCUT2D eigenvalue weighted by Gasteiger charge is -2.41. The number of hydrogen-bond acceptors (Lipinski definition) is 3. The number of urea groups is 1. The molecule has 1 atom stereocenters. The Bertz CT molecular complexity index is 320. The first-order valence-corrected chi connectivity index (χ1v) is 8.63. The van der Waals surface area contributed by atoms with Crippen molar-refractivity contribution in [1.29, 1.82) is 0 Å². The highest BCUT2D eigenvalue weighted by Crippen LogP contribution is 2.18. The summed E-state index contributed by atoms with van der Waals surface area (Å²) in [6.07, 6.45) is 4.64. The quantitative estimate of drug-likeness (QED) is 0.857. The molecule has 5 heteroatoms. The van der Waals surface area contributed by atoms with Gasteiger partial charge in [-0.1, -0.05) is 20.3 Å². The van der Waals surface area contributed by atoms with Crippen molar-refractivity contribution in [3.8, 4) is 0 Å². The highest BCUT2D eigenvalue weighted by atomic mass is 16.2. The van der Waals surface area contributed by atoms with Gasteiger partial charge in [0.25, 0.3) is 0 Å². The van der Waals surface area contributed by atoms with Gasteiger partial charge >= 0.3 is 6.03 Å². The number of nitrogens with zero attached hydrogens (tertiary/aromatic N) is 3. The van der Waals surface area contributed by atoms with E-state index in [9.17, 15) is 4.79 Å². The first kappa shape index (κ1) is 16.6. The molecule has 1 unspecified atom stereocenters. The molecule has 21 heavy (non-hydrogen) atoms. The highest BCUT2D eigenvalue weighted by molar-refractivity contribution is 5.74.